The summed E-state index contributed by atoms with van der Waals surface area (Å²) in [6, 6.07) is 32.1. The molecule has 204 valence electrons. The second kappa shape index (κ2) is 11.0. The molecule has 40 heavy (non-hydrogen) atoms. The summed E-state index contributed by atoms with van der Waals surface area (Å²) in [6.07, 6.45) is 3.05. The van der Waals surface area contributed by atoms with Gasteiger partial charge in [-0.2, -0.15) is 0 Å². The van der Waals surface area contributed by atoms with E-state index in [2.05, 4.69) is 94.1 Å². The summed E-state index contributed by atoms with van der Waals surface area (Å²) in [4.78, 5) is 0. The molecule has 1 aliphatic carbocycles. The highest BCUT2D eigenvalue weighted by molar-refractivity contribution is 6.09. The average Bonchev–Trinajstić information content (AvgIpc) is 3.77. The zero-order valence-electron chi connectivity index (χ0n) is 25.6. The molecule has 4 aromatic rings. The molecule has 4 aliphatic heterocycles. The number of fused-ring (bicyclic) bond motifs is 6. The van der Waals surface area contributed by atoms with Crippen molar-refractivity contribution in [3.8, 4) is 0 Å². The summed E-state index contributed by atoms with van der Waals surface area (Å²) in [5, 5.41) is 0. The van der Waals surface area contributed by atoms with Gasteiger partial charge in [-0.15, -0.1) is 9.15 Å². The van der Waals surface area contributed by atoms with Gasteiger partial charge in [-0.1, -0.05) is 116 Å². The first-order chi connectivity index (χ1) is 19.9. The maximum atomic E-state index is 2.72. The lowest BCUT2D eigenvalue weighted by molar-refractivity contribution is -0.754. The smallest absolute Gasteiger partial charge is 0.122 e. The highest BCUT2D eigenvalue weighted by Crippen LogP contribution is 2.60. The summed E-state index contributed by atoms with van der Waals surface area (Å²) >= 11 is 0. The highest BCUT2D eigenvalue weighted by atomic mass is 15.4. The Morgan fingerprint density at radius 1 is 0.425 bits per heavy atom. The van der Waals surface area contributed by atoms with Gasteiger partial charge in [-0.05, 0) is 29.7 Å². The Morgan fingerprint density at radius 3 is 1.23 bits per heavy atom. The number of hydrogen-bond acceptors (Lipinski definition) is 0. The largest absolute Gasteiger partial charge is 0.418 e. The molecule has 2 nitrogen and oxygen atoms in total. The van der Waals surface area contributed by atoms with Gasteiger partial charge in [-0.3, -0.25) is 0 Å². The average molecular weight is 529 g/mol. The first-order valence-corrected chi connectivity index (χ1v) is 15.6. The van der Waals surface area contributed by atoms with E-state index in [1.54, 1.807) is 0 Å². The minimum absolute atomic E-state index is 0.306. The van der Waals surface area contributed by atoms with Crippen LogP contribution in [0.25, 0.3) is 0 Å². The van der Waals surface area contributed by atoms with Crippen LogP contribution in [0, 0.1) is 0 Å². The van der Waals surface area contributed by atoms with Crippen molar-refractivity contribution in [2.24, 2.45) is 0 Å². The molecule has 4 heterocycles. The van der Waals surface area contributed by atoms with Gasteiger partial charge in [0.05, 0.1) is 24.0 Å². The molecule has 2 heteroatoms. The molecule has 0 radical (unpaired) electrons. The van der Waals surface area contributed by atoms with Gasteiger partial charge in [0.1, 0.15) is 11.1 Å². The Balaban J connectivity index is 0.000000374. The van der Waals surface area contributed by atoms with Crippen LogP contribution in [0.15, 0.2) is 84.9 Å². The lowest BCUT2D eigenvalue weighted by Crippen LogP contribution is -2.45. The van der Waals surface area contributed by atoms with Gasteiger partial charge < -0.3 is 0 Å². The molecule has 0 aromatic heterocycles. The van der Waals surface area contributed by atoms with E-state index in [1.807, 2.05) is 55.4 Å². The minimum Gasteiger partial charge on any atom is -0.122 e. The van der Waals surface area contributed by atoms with Crippen molar-refractivity contribution >= 4 is 22.8 Å². The van der Waals surface area contributed by atoms with E-state index in [-0.39, 0.29) is 5.66 Å². The number of benzene rings is 4. The van der Waals surface area contributed by atoms with Crippen molar-refractivity contribution in [1.82, 2.24) is 0 Å². The molecular formula is C38H44N2+2. The Morgan fingerprint density at radius 2 is 0.800 bits per heavy atom. The monoisotopic (exact) mass is 528 g/mol. The number of para-hydroxylation sites is 2. The number of nitrogens with zero attached hydrogens (tertiary/aromatic N) is 2. The van der Waals surface area contributed by atoms with Crippen molar-refractivity contribution in [2.45, 2.75) is 80.3 Å². The first kappa shape index (κ1) is 27.8. The molecule has 5 aliphatic rings. The maximum absolute atomic E-state index is 2.72. The third kappa shape index (κ3) is 3.35. The van der Waals surface area contributed by atoms with Crippen LogP contribution in [0.3, 0.4) is 0 Å². The van der Waals surface area contributed by atoms with Crippen molar-refractivity contribution in [1.29, 1.82) is 0 Å². The van der Waals surface area contributed by atoms with Crippen LogP contribution < -0.4 is 0 Å². The van der Waals surface area contributed by atoms with Gasteiger partial charge in [0, 0.05) is 23.3 Å². The van der Waals surface area contributed by atoms with Crippen molar-refractivity contribution in [2.75, 3.05) is 0 Å². The van der Waals surface area contributed by atoms with E-state index in [0.29, 0.717) is 0 Å². The van der Waals surface area contributed by atoms with Crippen LogP contribution in [0.4, 0.5) is 11.4 Å². The third-order valence-corrected chi connectivity index (χ3v) is 8.37. The SMILES string of the molecule is CC.CC.CC.CC.c1ccc2c(c1)CC1=[N+]2C23c4c(cccc41)Cc1cccc(c12)C1=[N+]3c2ccccc2C1. The summed E-state index contributed by atoms with van der Waals surface area (Å²) in [5.74, 6) is 0. The zero-order valence-corrected chi connectivity index (χ0v) is 25.6. The van der Waals surface area contributed by atoms with E-state index in [1.165, 1.54) is 67.3 Å². The molecule has 9 rings (SSSR count). The zero-order chi connectivity index (χ0) is 28.6. The topological polar surface area (TPSA) is 6.02 Å². The first-order valence-electron chi connectivity index (χ1n) is 15.6. The van der Waals surface area contributed by atoms with Crippen molar-refractivity contribution in [3.63, 3.8) is 0 Å². The van der Waals surface area contributed by atoms with E-state index in [4.69, 9.17) is 0 Å². The Bertz CT molecular complexity index is 1530. The third-order valence-electron chi connectivity index (χ3n) is 8.37. The second-order valence-electron chi connectivity index (χ2n) is 9.70. The normalized spacial score (nSPS) is 15.7. The van der Waals surface area contributed by atoms with E-state index in [0.717, 1.165) is 19.3 Å². The van der Waals surface area contributed by atoms with Gasteiger partial charge in [0.15, 0.2) is 0 Å². The standard InChI is InChI=1S/C30H20N2.4C2H6/c1-3-13-24-18(7-1)16-26-22-11-5-9-20-15-21-10-6-12-23-27-17-19-8-2-4-14-25(19)32(27)30(28(20)22,29(21)23)31(24)26;4*1-2/h1-14H,15-17H2;4*1-2H3/q+2;;;;. The fourth-order valence-electron chi connectivity index (χ4n) is 7.41. The summed E-state index contributed by atoms with van der Waals surface area (Å²) in [6.45, 7) is 16.0. The Labute approximate surface area is 241 Å². The van der Waals surface area contributed by atoms with E-state index >= 15 is 0 Å². The number of hydrogen-bond donors (Lipinski definition) is 0. The van der Waals surface area contributed by atoms with Crippen LogP contribution in [0.2, 0.25) is 0 Å². The second-order valence-corrected chi connectivity index (χ2v) is 9.70. The molecule has 0 atom stereocenters. The fourth-order valence-corrected chi connectivity index (χ4v) is 7.41. The van der Waals surface area contributed by atoms with Crippen molar-refractivity contribution < 1.29 is 9.15 Å². The van der Waals surface area contributed by atoms with Gasteiger partial charge in [0.25, 0.3) is 0 Å². The van der Waals surface area contributed by atoms with Gasteiger partial charge in [0.2, 0.25) is 22.8 Å². The fraction of sp³-hybridized carbons (Fsp3) is 0.316. The quantitative estimate of drug-likeness (QED) is 0.201. The Hall–Kier alpha value is -3.78. The molecule has 0 fully saturated rings. The Kier molecular flexibility index (Phi) is 7.64. The molecule has 0 saturated carbocycles. The van der Waals surface area contributed by atoms with E-state index in [9.17, 15) is 0 Å². The van der Waals surface area contributed by atoms with E-state index < -0.39 is 0 Å². The molecule has 0 N–H and O–H groups in total. The predicted octanol–water partition coefficient (Wildman–Crippen LogP) is 9.30. The lowest BCUT2D eigenvalue weighted by Gasteiger charge is -2.29. The number of rotatable bonds is 0. The van der Waals surface area contributed by atoms with Gasteiger partial charge in [-0.25, -0.2) is 0 Å². The van der Waals surface area contributed by atoms with Crippen LogP contribution in [-0.4, -0.2) is 20.6 Å². The van der Waals surface area contributed by atoms with Crippen LogP contribution in [0.1, 0.15) is 99.9 Å². The van der Waals surface area contributed by atoms with Crippen LogP contribution >= 0.6 is 0 Å². The molecule has 4 aromatic carbocycles. The predicted molar refractivity (Wildman–Crippen MR) is 170 cm³/mol. The summed E-state index contributed by atoms with van der Waals surface area (Å²) in [5.41, 5.74) is 17.2. The molecule has 0 amide bonds. The lowest BCUT2D eigenvalue weighted by atomic mass is 9.75. The van der Waals surface area contributed by atoms with Crippen LogP contribution in [0.5, 0.6) is 0 Å². The maximum Gasteiger partial charge on any atom is 0.418 e. The minimum atomic E-state index is -0.306. The summed E-state index contributed by atoms with van der Waals surface area (Å²) in [7, 11) is 0. The molecule has 1 spiro atoms. The highest BCUT2D eigenvalue weighted by Gasteiger charge is 2.74. The van der Waals surface area contributed by atoms with Crippen molar-refractivity contribution in [3.05, 3.63) is 129 Å². The van der Waals surface area contributed by atoms with Gasteiger partial charge >= 0.3 is 5.66 Å². The van der Waals surface area contributed by atoms with Crippen LogP contribution in [-0.2, 0) is 24.9 Å². The molecule has 0 saturated heterocycles. The molecule has 0 bridgehead atoms. The molecule has 0 unspecified atom stereocenters. The summed E-state index contributed by atoms with van der Waals surface area (Å²) < 4.78 is 5.43. The molecular weight excluding hydrogens is 484 g/mol.